The number of methoxy groups -OCH3 is 1. The molecule has 0 N–H and O–H groups in total. The third-order valence-corrected chi connectivity index (χ3v) is 3.13. The van der Waals surface area contributed by atoms with Crippen molar-refractivity contribution in [3.8, 4) is 5.75 Å². The smallest absolute Gasteiger partial charge is 0.122 e. The second kappa shape index (κ2) is 6.73. The summed E-state index contributed by atoms with van der Waals surface area (Å²) in [4.78, 5) is 0. The lowest BCUT2D eigenvalue weighted by molar-refractivity contribution is 0.409. The van der Waals surface area contributed by atoms with Gasteiger partial charge in [-0.2, -0.15) is 0 Å². The van der Waals surface area contributed by atoms with Gasteiger partial charge >= 0.3 is 0 Å². The monoisotopic (exact) mass is 226 g/mol. The van der Waals surface area contributed by atoms with Gasteiger partial charge in [0, 0.05) is 5.38 Å². The zero-order valence-electron chi connectivity index (χ0n) is 9.50. The molecule has 0 spiro atoms. The molecule has 84 valence electrons. The second-order valence-corrected chi connectivity index (χ2v) is 4.33. The van der Waals surface area contributed by atoms with Gasteiger partial charge in [0.05, 0.1) is 7.11 Å². The maximum Gasteiger partial charge on any atom is 0.122 e. The number of rotatable bonds is 6. The van der Waals surface area contributed by atoms with E-state index in [9.17, 15) is 0 Å². The van der Waals surface area contributed by atoms with Gasteiger partial charge in [0.25, 0.3) is 0 Å². The van der Waals surface area contributed by atoms with E-state index >= 15 is 0 Å². The highest BCUT2D eigenvalue weighted by Crippen LogP contribution is 2.20. The minimum Gasteiger partial charge on any atom is -0.496 e. The van der Waals surface area contributed by atoms with Crippen LogP contribution in [0.1, 0.15) is 31.7 Å². The van der Waals surface area contributed by atoms with Gasteiger partial charge in [-0.1, -0.05) is 25.1 Å². The molecule has 1 atom stereocenters. The Labute approximate surface area is 97.4 Å². The Balaban J connectivity index is 2.43. The van der Waals surface area contributed by atoms with Crippen LogP contribution in [0.2, 0.25) is 0 Å². The van der Waals surface area contributed by atoms with Gasteiger partial charge < -0.3 is 4.74 Å². The second-order valence-electron chi connectivity index (χ2n) is 3.71. The van der Waals surface area contributed by atoms with Crippen LogP contribution in [0.4, 0.5) is 0 Å². The van der Waals surface area contributed by atoms with Crippen LogP contribution in [0.25, 0.3) is 0 Å². The van der Waals surface area contributed by atoms with E-state index in [2.05, 4.69) is 19.1 Å². The normalized spacial score (nSPS) is 12.5. The Hall–Kier alpha value is -0.690. The molecule has 0 aliphatic heterocycles. The lowest BCUT2D eigenvalue weighted by atomic mass is 10.1. The molecule has 0 fully saturated rings. The third-order valence-electron chi connectivity index (χ3n) is 2.60. The summed E-state index contributed by atoms with van der Waals surface area (Å²) in [6.07, 6.45) is 4.30. The molecule has 0 amide bonds. The molecule has 1 aromatic rings. The molecule has 1 unspecified atom stereocenters. The standard InChI is InChI=1S/C13H19ClO/c1-3-12(14)9-6-8-11-7-4-5-10-13(11)15-2/h4-5,7,10,12H,3,6,8-9H2,1-2H3. The highest BCUT2D eigenvalue weighted by Gasteiger charge is 2.04. The van der Waals surface area contributed by atoms with Crippen molar-refractivity contribution in [3.63, 3.8) is 0 Å². The largest absolute Gasteiger partial charge is 0.496 e. The highest BCUT2D eigenvalue weighted by molar-refractivity contribution is 6.20. The van der Waals surface area contributed by atoms with Gasteiger partial charge in [0.1, 0.15) is 5.75 Å². The van der Waals surface area contributed by atoms with Gasteiger partial charge in [-0.15, -0.1) is 11.6 Å². The van der Waals surface area contributed by atoms with Gasteiger partial charge in [-0.05, 0) is 37.3 Å². The van der Waals surface area contributed by atoms with Crippen molar-refractivity contribution in [1.29, 1.82) is 0 Å². The Morgan fingerprint density at radius 1 is 1.33 bits per heavy atom. The topological polar surface area (TPSA) is 9.23 Å². The van der Waals surface area contributed by atoms with Crippen LogP contribution in [-0.2, 0) is 6.42 Å². The molecule has 0 saturated heterocycles. The first-order chi connectivity index (χ1) is 7.27. The average molecular weight is 227 g/mol. The molecule has 0 radical (unpaired) electrons. The average Bonchev–Trinajstić information content (AvgIpc) is 2.29. The summed E-state index contributed by atoms with van der Waals surface area (Å²) in [5.41, 5.74) is 1.28. The van der Waals surface area contributed by atoms with Gasteiger partial charge in [-0.3, -0.25) is 0 Å². The molecule has 1 rings (SSSR count). The van der Waals surface area contributed by atoms with E-state index in [1.165, 1.54) is 5.56 Å². The van der Waals surface area contributed by atoms with E-state index in [-0.39, 0.29) is 0 Å². The Morgan fingerprint density at radius 2 is 2.07 bits per heavy atom. The highest BCUT2D eigenvalue weighted by atomic mass is 35.5. The lowest BCUT2D eigenvalue weighted by Crippen LogP contribution is -1.98. The van der Waals surface area contributed by atoms with Crippen molar-refractivity contribution in [2.75, 3.05) is 7.11 Å². The first-order valence-electron chi connectivity index (χ1n) is 5.54. The van der Waals surface area contributed by atoms with Crippen LogP contribution in [-0.4, -0.2) is 12.5 Å². The summed E-state index contributed by atoms with van der Waals surface area (Å²) in [6, 6.07) is 8.18. The molecular formula is C13H19ClO. The third kappa shape index (κ3) is 4.13. The predicted molar refractivity (Wildman–Crippen MR) is 65.9 cm³/mol. The summed E-state index contributed by atoms with van der Waals surface area (Å²) in [5, 5.41) is 0.319. The number of halogens is 1. The van der Waals surface area contributed by atoms with Crippen LogP contribution in [0.5, 0.6) is 5.75 Å². The van der Waals surface area contributed by atoms with Gasteiger partial charge in [-0.25, -0.2) is 0 Å². The lowest BCUT2D eigenvalue weighted by Gasteiger charge is -2.09. The number of ether oxygens (including phenoxy) is 1. The number of hydrogen-bond acceptors (Lipinski definition) is 1. The maximum atomic E-state index is 6.07. The Bertz CT molecular complexity index is 286. The zero-order chi connectivity index (χ0) is 11.1. The van der Waals surface area contributed by atoms with Crippen LogP contribution >= 0.6 is 11.6 Å². The number of hydrogen-bond donors (Lipinski definition) is 0. The SMILES string of the molecule is CCC(Cl)CCCc1ccccc1OC. The molecule has 15 heavy (non-hydrogen) atoms. The van der Waals surface area contributed by atoms with Gasteiger partial charge in [0.2, 0.25) is 0 Å². The molecule has 0 aliphatic carbocycles. The molecular weight excluding hydrogens is 208 g/mol. The van der Waals surface area contributed by atoms with Crippen molar-refractivity contribution in [2.45, 2.75) is 38.0 Å². The summed E-state index contributed by atoms with van der Waals surface area (Å²) < 4.78 is 5.30. The molecule has 0 heterocycles. The Kier molecular flexibility index (Phi) is 5.56. The molecule has 2 heteroatoms. The number of para-hydroxylation sites is 1. The summed E-state index contributed by atoms with van der Waals surface area (Å²) >= 11 is 6.07. The summed E-state index contributed by atoms with van der Waals surface area (Å²) in [7, 11) is 1.72. The fraction of sp³-hybridized carbons (Fsp3) is 0.538. The van der Waals surface area contributed by atoms with Gasteiger partial charge in [0.15, 0.2) is 0 Å². The maximum absolute atomic E-state index is 6.07. The first kappa shape index (κ1) is 12.4. The minimum atomic E-state index is 0.319. The van der Waals surface area contributed by atoms with E-state index in [0.29, 0.717) is 5.38 Å². The molecule has 0 aliphatic rings. The molecule has 0 saturated carbocycles. The van der Waals surface area contributed by atoms with Crippen LogP contribution < -0.4 is 4.74 Å². The fourth-order valence-electron chi connectivity index (χ4n) is 1.63. The summed E-state index contributed by atoms with van der Waals surface area (Å²) in [6.45, 7) is 2.13. The zero-order valence-corrected chi connectivity index (χ0v) is 10.3. The Morgan fingerprint density at radius 3 is 2.73 bits per heavy atom. The van der Waals surface area contributed by atoms with Crippen molar-refractivity contribution in [2.24, 2.45) is 0 Å². The van der Waals surface area contributed by atoms with Crippen molar-refractivity contribution >= 4 is 11.6 Å². The fourth-order valence-corrected chi connectivity index (χ4v) is 1.78. The van der Waals surface area contributed by atoms with Crippen molar-refractivity contribution in [3.05, 3.63) is 29.8 Å². The molecule has 1 aromatic carbocycles. The van der Waals surface area contributed by atoms with Crippen LogP contribution in [0.15, 0.2) is 24.3 Å². The number of alkyl halides is 1. The number of benzene rings is 1. The first-order valence-corrected chi connectivity index (χ1v) is 5.97. The quantitative estimate of drug-likeness (QED) is 0.666. The van der Waals surface area contributed by atoms with Crippen molar-refractivity contribution in [1.82, 2.24) is 0 Å². The van der Waals surface area contributed by atoms with Crippen LogP contribution in [0, 0.1) is 0 Å². The molecule has 1 nitrogen and oxygen atoms in total. The molecule has 0 bridgehead atoms. The van der Waals surface area contributed by atoms with E-state index in [4.69, 9.17) is 16.3 Å². The minimum absolute atomic E-state index is 0.319. The molecule has 0 aromatic heterocycles. The van der Waals surface area contributed by atoms with E-state index in [1.54, 1.807) is 7.11 Å². The predicted octanol–water partition coefficient (Wildman–Crippen LogP) is 4.04. The number of aryl methyl sites for hydroxylation is 1. The van der Waals surface area contributed by atoms with E-state index in [0.717, 1.165) is 31.4 Å². The van der Waals surface area contributed by atoms with Crippen LogP contribution in [0.3, 0.4) is 0 Å². The summed E-state index contributed by atoms with van der Waals surface area (Å²) in [5.74, 6) is 0.986. The van der Waals surface area contributed by atoms with E-state index < -0.39 is 0 Å². The van der Waals surface area contributed by atoms with E-state index in [1.807, 2.05) is 12.1 Å². The van der Waals surface area contributed by atoms with Crippen molar-refractivity contribution < 1.29 is 4.74 Å².